The molecule has 0 fully saturated rings. The monoisotopic (exact) mass is 539 g/mol. The van der Waals surface area contributed by atoms with Crippen LogP contribution in [0.25, 0.3) is 0 Å². The van der Waals surface area contributed by atoms with E-state index in [4.69, 9.17) is 0 Å². The molecule has 1 amide bonds. The van der Waals surface area contributed by atoms with E-state index in [1.807, 2.05) is 13.0 Å². The third-order valence-corrected chi connectivity index (χ3v) is 8.20. The second-order valence-corrected chi connectivity index (χ2v) is 11.7. The first-order valence-corrected chi connectivity index (χ1v) is 14.3. The van der Waals surface area contributed by atoms with E-state index in [0.29, 0.717) is 5.92 Å². The zero-order valence-corrected chi connectivity index (χ0v) is 24.4. The Bertz CT molecular complexity index is 1190. The van der Waals surface area contributed by atoms with Crippen molar-refractivity contribution in [3.05, 3.63) is 81.8 Å². The van der Waals surface area contributed by atoms with Crippen molar-refractivity contribution in [2.45, 2.75) is 84.3 Å². The summed E-state index contributed by atoms with van der Waals surface area (Å²) in [5.41, 5.74) is 0.796. The molecule has 0 aliphatic rings. The van der Waals surface area contributed by atoms with Gasteiger partial charge in [-0.1, -0.05) is 39.0 Å². The van der Waals surface area contributed by atoms with Gasteiger partial charge < -0.3 is 9.88 Å². The van der Waals surface area contributed by atoms with Crippen LogP contribution in [0.4, 0.5) is 4.39 Å². The summed E-state index contributed by atoms with van der Waals surface area (Å²) in [5.74, 6) is 1.91. The Morgan fingerprint density at radius 3 is 2.47 bits per heavy atom. The summed E-state index contributed by atoms with van der Waals surface area (Å²) >= 11 is 1.71. The van der Waals surface area contributed by atoms with Crippen molar-refractivity contribution in [1.82, 2.24) is 25.0 Å². The lowest BCUT2D eigenvalue weighted by Crippen LogP contribution is -2.36. The minimum Gasteiger partial charge on any atom is -0.348 e. The standard InChI is InChI=1S/C30H42FN5OS/c1-8-25(19-26(9-2)36-22(6)33-34-30(36)20(3)4)35(7)17-16-27(28-15-10-21(5)38-28)32-29(37)18-23-11-13-24(31)14-12-23/h8,10-15,20,25-27H,1,9,16-19H2,2-7H3,(H,32,37). The summed E-state index contributed by atoms with van der Waals surface area (Å²) in [6, 6.07) is 10.6. The lowest BCUT2D eigenvalue weighted by molar-refractivity contribution is -0.121. The van der Waals surface area contributed by atoms with E-state index < -0.39 is 0 Å². The lowest BCUT2D eigenvalue weighted by Gasteiger charge is -2.31. The normalized spacial score (nSPS) is 14.0. The van der Waals surface area contributed by atoms with E-state index in [0.717, 1.165) is 47.9 Å². The highest BCUT2D eigenvalue weighted by Crippen LogP contribution is 2.29. The van der Waals surface area contributed by atoms with Gasteiger partial charge in [-0.25, -0.2) is 4.39 Å². The molecular formula is C30H42FN5OS. The zero-order chi connectivity index (χ0) is 27.8. The quantitative estimate of drug-likeness (QED) is 0.236. The SMILES string of the molecule is C=CC(CC(CC)n1c(C)nnc1C(C)C)N(C)CCC(NC(=O)Cc1ccc(F)cc1)c1ccc(C)s1. The Balaban J connectivity index is 1.68. The van der Waals surface area contributed by atoms with Gasteiger partial charge in [0.25, 0.3) is 0 Å². The number of nitrogens with one attached hydrogen (secondary N) is 1. The Hall–Kier alpha value is -2.84. The van der Waals surface area contributed by atoms with Crippen molar-refractivity contribution >= 4 is 17.2 Å². The van der Waals surface area contributed by atoms with Crippen LogP contribution < -0.4 is 5.32 Å². The fourth-order valence-corrected chi connectivity index (χ4v) is 5.84. The lowest BCUT2D eigenvalue weighted by atomic mass is 10.0. The first-order valence-electron chi connectivity index (χ1n) is 13.5. The number of benzene rings is 1. The Morgan fingerprint density at radius 2 is 1.89 bits per heavy atom. The molecule has 6 nitrogen and oxygen atoms in total. The van der Waals surface area contributed by atoms with Crippen molar-refractivity contribution in [2.75, 3.05) is 13.6 Å². The van der Waals surface area contributed by atoms with Gasteiger partial charge in [-0.2, -0.15) is 0 Å². The molecule has 3 rings (SSSR count). The number of nitrogens with zero attached hydrogens (tertiary/aromatic N) is 4. The number of thiophene rings is 1. The molecule has 8 heteroatoms. The van der Waals surface area contributed by atoms with Crippen molar-refractivity contribution in [3.63, 3.8) is 0 Å². The smallest absolute Gasteiger partial charge is 0.224 e. The number of carbonyl (C=O) groups excluding carboxylic acids is 1. The van der Waals surface area contributed by atoms with Crippen LogP contribution in [0.15, 0.2) is 49.1 Å². The van der Waals surface area contributed by atoms with Crippen LogP contribution in [0.5, 0.6) is 0 Å². The summed E-state index contributed by atoms with van der Waals surface area (Å²) in [5, 5.41) is 12.0. The summed E-state index contributed by atoms with van der Waals surface area (Å²) in [4.78, 5) is 17.6. The Morgan fingerprint density at radius 1 is 1.18 bits per heavy atom. The van der Waals surface area contributed by atoms with Crippen molar-refractivity contribution in [2.24, 2.45) is 0 Å². The van der Waals surface area contributed by atoms with E-state index in [-0.39, 0.29) is 36.3 Å². The van der Waals surface area contributed by atoms with Gasteiger partial charge in [0.1, 0.15) is 17.5 Å². The number of halogens is 1. The first-order chi connectivity index (χ1) is 18.1. The molecule has 3 unspecified atom stereocenters. The van der Waals surface area contributed by atoms with Crippen LogP contribution in [0.2, 0.25) is 0 Å². The largest absolute Gasteiger partial charge is 0.348 e. The molecule has 206 valence electrons. The van der Waals surface area contributed by atoms with E-state index in [1.54, 1.807) is 23.5 Å². The summed E-state index contributed by atoms with van der Waals surface area (Å²) in [6.45, 7) is 15.6. The van der Waals surface area contributed by atoms with Crippen molar-refractivity contribution < 1.29 is 9.18 Å². The van der Waals surface area contributed by atoms with Crippen LogP contribution in [0.1, 0.15) is 85.0 Å². The predicted octanol–water partition coefficient (Wildman–Crippen LogP) is 6.54. The summed E-state index contributed by atoms with van der Waals surface area (Å²) in [7, 11) is 2.12. The maximum absolute atomic E-state index is 13.3. The number of carbonyl (C=O) groups is 1. The highest BCUT2D eigenvalue weighted by molar-refractivity contribution is 7.12. The molecule has 0 radical (unpaired) electrons. The first kappa shape index (κ1) is 29.7. The van der Waals surface area contributed by atoms with Gasteiger partial charge in [-0.15, -0.1) is 28.1 Å². The molecule has 0 saturated heterocycles. The van der Waals surface area contributed by atoms with Gasteiger partial charge in [-0.3, -0.25) is 9.69 Å². The molecule has 2 aromatic heterocycles. The van der Waals surface area contributed by atoms with Gasteiger partial charge in [0.2, 0.25) is 5.91 Å². The number of amides is 1. The van der Waals surface area contributed by atoms with Crippen molar-refractivity contribution in [1.29, 1.82) is 0 Å². The summed E-state index contributed by atoms with van der Waals surface area (Å²) < 4.78 is 15.6. The molecular weight excluding hydrogens is 497 g/mol. The number of aryl methyl sites for hydroxylation is 2. The second kappa shape index (κ2) is 13.8. The molecule has 1 N–H and O–H groups in total. The third kappa shape index (κ3) is 7.84. The number of hydrogen-bond acceptors (Lipinski definition) is 5. The van der Waals surface area contributed by atoms with Crippen molar-refractivity contribution in [3.8, 4) is 0 Å². The van der Waals surface area contributed by atoms with Gasteiger partial charge in [-0.05, 0) is 70.0 Å². The minimum absolute atomic E-state index is 0.0640. The van der Waals surface area contributed by atoms with E-state index in [9.17, 15) is 9.18 Å². The molecule has 3 aromatic rings. The average Bonchev–Trinajstić information content (AvgIpc) is 3.49. The highest BCUT2D eigenvalue weighted by atomic mass is 32.1. The third-order valence-electron chi connectivity index (χ3n) is 7.09. The maximum atomic E-state index is 13.3. The number of rotatable bonds is 14. The van der Waals surface area contributed by atoms with Crippen LogP contribution >= 0.6 is 11.3 Å². The zero-order valence-electron chi connectivity index (χ0n) is 23.6. The molecule has 38 heavy (non-hydrogen) atoms. The minimum atomic E-state index is -0.300. The van der Waals surface area contributed by atoms with Gasteiger partial charge in [0.05, 0.1) is 12.5 Å². The number of hydrogen-bond donors (Lipinski definition) is 1. The Labute approximate surface area is 231 Å². The average molecular weight is 540 g/mol. The van der Waals surface area contributed by atoms with E-state index >= 15 is 0 Å². The van der Waals surface area contributed by atoms with Crippen LogP contribution in [0, 0.1) is 19.7 Å². The Kier molecular flexibility index (Phi) is 10.8. The van der Waals surface area contributed by atoms with Gasteiger partial charge >= 0.3 is 0 Å². The van der Waals surface area contributed by atoms with E-state index in [1.165, 1.54) is 17.0 Å². The topological polar surface area (TPSA) is 63.1 Å². The van der Waals surface area contributed by atoms with Crippen LogP contribution in [-0.2, 0) is 11.2 Å². The molecule has 0 aliphatic heterocycles. The molecule has 0 aliphatic carbocycles. The van der Waals surface area contributed by atoms with Gasteiger partial charge in [0.15, 0.2) is 0 Å². The van der Waals surface area contributed by atoms with E-state index in [2.05, 4.69) is 78.4 Å². The predicted molar refractivity (Wildman–Crippen MR) is 154 cm³/mol. The highest BCUT2D eigenvalue weighted by Gasteiger charge is 2.25. The second-order valence-electron chi connectivity index (χ2n) is 10.4. The molecule has 3 atom stereocenters. The number of aromatic nitrogens is 3. The molecule has 1 aromatic carbocycles. The number of likely N-dealkylation sites (N-methyl/N-ethyl adjacent to an activating group) is 1. The fourth-order valence-electron chi connectivity index (χ4n) is 4.88. The molecule has 0 spiro atoms. The summed E-state index contributed by atoms with van der Waals surface area (Å²) in [6.07, 6.45) is 4.91. The van der Waals surface area contributed by atoms with Crippen LogP contribution in [-0.4, -0.2) is 45.2 Å². The maximum Gasteiger partial charge on any atom is 0.224 e. The van der Waals surface area contributed by atoms with Gasteiger partial charge in [0, 0.05) is 34.3 Å². The molecule has 0 bridgehead atoms. The molecule has 2 heterocycles. The molecule has 0 saturated carbocycles. The fraction of sp³-hybridized carbons (Fsp3) is 0.500. The van der Waals surface area contributed by atoms with Crippen LogP contribution in [0.3, 0.4) is 0 Å².